The van der Waals surface area contributed by atoms with E-state index >= 15 is 0 Å². The van der Waals surface area contributed by atoms with E-state index < -0.39 is 10.0 Å². The van der Waals surface area contributed by atoms with Gasteiger partial charge in [-0.1, -0.05) is 20.8 Å². The monoisotopic (exact) mass is 441 g/mol. The van der Waals surface area contributed by atoms with Gasteiger partial charge in [-0.2, -0.15) is 4.31 Å². The summed E-state index contributed by atoms with van der Waals surface area (Å²) in [6.07, 6.45) is 3.31. The fourth-order valence-corrected chi connectivity index (χ4v) is 5.85. The van der Waals surface area contributed by atoms with Crippen LogP contribution >= 0.6 is 11.3 Å². The van der Waals surface area contributed by atoms with Gasteiger partial charge in [-0.25, -0.2) is 8.42 Å². The van der Waals surface area contributed by atoms with E-state index in [1.165, 1.54) is 15.6 Å². The predicted octanol–water partition coefficient (Wildman–Crippen LogP) is 1.34. The van der Waals surface area contributed by atoms with Gasteiger partial charge in [0.2, 0.25) is 0 Å². The van der Waals surface area contributed by atoms with Crippen molar-refractivity contribution in [3.05, 3.63) is 29.2 Å². The van der Waals surface area contributed by atoms with Crippen LogP contribution in [0.4, 0.5) is 0 Å². The molecule has 0 aliphatic rings. The molecule has 0 spiro atoms. The molecular formula is C18H31N7O2S2. The molecule has 0 amide bonds. The molecule has 9 nitrogen and oxygen atoms in total. The van der Waals surface area contributed by atoms with Gasteiger partial charge in [0.1, 0.15) is 16.4 Å². The number of nitrogens with zero attached hydrogens (tertiary/aromatic N) is 5. The highest BCUT2D eigenvalue weighted by atomic mass is 32.2. The van der Waals surface area contributed by atoms with Crippen molar-refractivity contribution in [1.29, 1.82) is 0 Å². The summed E-state index contributed by atoms with van der Waals surface area (Å²) >= 11 is 1.33. The van der Waals surface area contributed by atoms with Gasteiger partial charge >= 0.3 is 0 Å². The molecule has 0 saturated heterocycles. The van der Waals surface area contributed by atoms with Crippen LogP contribution in [0.15, 0.2) is 27.7 Å². The van der Waals surface area contributed by atoms with E-state index in [1.54, 1.807) is 19.4 Å². The Kier molecular flexibility index (Phi) is 9.05. The number of aromatic nitrogens is 3. The summed E-state index contributed by atoms with van der Waals surface area (Å²) in [5.74, 6) is 1.67. The Bertz CT molecular complexity index is 886. The molecule has 2 aromatic rings. The van der Waals surface area contributed by atoms with Gasteiger partial charge in [0.05, 0.1) is 0 Å². The molecule has 0 bridgehead atoms. The number of hydrogen-bond acceptors (Lipinski definition) is 6. The Balaban J connectivity index is 1.80. The highest BCUT2D eigenvalue weighted by molar-refractivity contribution is 7.91. The molecule has 0 unspecified atom stereocenters. The maximum Gasteiger partial charge on any atom is 0.252 e. The van der Waals surface area contributed by atoms with E-state index in [-0.39, 0.29) is 0 Å². The molecule has 162 valence electrons. The lowest BCUT2D eigenvalue weighted by atomic mass is 10.3. The van der Waals surface area contributed by atoms with E-state index in [9.17, 15) is 8.42 Å². The van der Waals surface area contributed by atoms with E-state index in [1.807, 2.05) is 24.5 Å². The van der Waals surface area contributed by atoms with Crippen LogP contribution < -0.4 is 10.6 Å². The Hall–Kier alpha value is -1.98. The zero-order valence-electron chi connectivity index (χ0n) is 17.6. The smallest absolute Gasteiger partial charge is 0.252 e. The number of guanidine groups is 1. The lowest BCUT2D eigenvalue weighted by Crippen LogP contribution is -2.39. The minimum absolute atomic E-state index is 0.402. The third-order valence-corrected chi connectivity index (χ3v) is 8.14. The van der Waals surface area contributed by atoms with Crippen molar-refractivity contribution in [3.8, 4) is 0 Å². The second kappa shape index (κ2) is 11.3. The first-order valence-corrected chi connectivity index (χ1v) is 12.1. The molecule has 11 heteroatoms. The van der Waals surface area contributed by atoms with Gasteiger partial charge in [-0.15, -0.1) is 21.5 Å². The van der Waals surface area contributed by atoms with Crippen LogP contribution in [0.3, 0.4) is 0 Å². The summed E-state index contributed by atoms with van der Waals surface area (Å²) in [5, 5.41) is 14.5. The third-order valence-electron chi connectivity index (χ3n) is 4.48. The summed E-state index contributed by atoms with van der Waals surface area (Å²) in [6.45, 7) is 8.84. The number of hydrogen-bond donors (Lipinski definition) is 2. The summed E-state index contributed by atoms with van der Waals surface area (Å²) in [4.78, 5) is 5.25. The highest BCUT2D eigenvalue weighted by Crippen LogP contribution is 2.25. The summed E-state index contributed by atoms with van der Waals surface area (Å²) in [5.41, 5.74) is 0. The highest BCUT2D eigenvalue weighted by Gasteiger charge is 2.23. The standard InChI is InChI=1S/C18H31N7O2S2/c1-5-16-23-22-14-24(16)13-12-21-18(19-4)20-11-10-15-8-9-17(28-15)29(26,27)25(6-2)7-3/h8-9,14H,5-7,10-13H2,1-4H3,(H2,19,20,21). The molecule has 2 N–H and O–H groups in total. The molecule has 0 aliphatic carbocycles. The molecule has 0 fully saturated rings. The largest absolute Gasteiger partial charge is 0.356 e. The Morgan fingerprint density at radius 1 is 1.21 bits per heavy atom. The molecule has 0 aromatic carbocycles. The van der Waals surface area contributed by atoms with Crippen LogP contribution in [0.2, 0.25) is 0 Å². The van der Waals surface area contributed by atoms with E-state index in [2.05, 4.69) is 32.7 Å². The molecule has 0 atom stereocenters. The number of aliphatic imine (C=N–C) groups is 1. The average Bonchev–Trinajstić information content (AvgIpc) is 3.37. The van der Waals surface area contributed by atoms with Crippen LogP contribution in [-0.2, 0) is 29.4 Å². The second-order valence-corrected chi connectivity index (χ2v) is 9.61. The molecule has 0 radical (unpaired) electrons. The van der Waals surface area contributed by atoms with Gasteiger partial charge in [-0.05, 0) is 18.6 Å². The molecule has 0 aliphatic heterocycles. The topological polar surface area (TPSA) is 105 Å². The van der Waals surface area contributed by atoms with E-state index in [0.717, 1.165) is 30.1 Å². The molecule has 2 rings (SSSR count). The zero-order valence-corrected chi connectivity index (χ0v) is 19.2. The number of sulfonamides is 1. The first-order chi connectivity index (χ1) is 14.0. The lowest BCUT2D eigenvalue weighted by Gasteiger charge is -2.16. The van der Waals surface area contributed by atoms with Crippen molar-refractivity contribution >= 4 is 27.3 Å². The molecular weight excluding hydrogens is 410 g/mol. The van der Waals surface area contributed by atoms with Crippen LogP contribution in [0.1, 0.15) is 31.5 Å². The maximum absolute atomic E-state index is 12.6. The Morgan fingerprint density at radius 3 is 2.59 bits per heavy atom. The molecule has 29 heavy (non-hydrogen) atoms. The van der Waals surface area contributed by atoms with Gasteiger partial charge < -0.3 is 15.2 Å². The normalized spacial score (nSPS) is 12.5. The average molecular weight is 442 g/mol. The fourth-order valence-electron chi connectivity index (χ4n) is 2.88. The van der Waals surface area contributed by atoms with Crippen molar-refractivity contribution < 1.29 is 8.42 Å². The minimum atomic E-state index is -3.38. The first-order valence-electron chi connectivity index (χ1n) is 9.86. The zero-order chi connectivity index (χ0) is 21.3. The van der Waals surface area contributed by atoms with Gasteiger partial charge in [0.15, 0.2) is 5.96 Å². The number of aryl methyl sites for hydroxylation is 1. The lowest BCUT2D eigenvalue weighted by molar-refractivity contribution is 0.447. The summed E-state index contributed by atoms with van der Waals surface area (Å²) < 4.78 is 29.1. The third kappa shape index (κ3) is 6.25. The van der Waals surface area contributed by atoms with Crippen molar-refractivity contribution in [2.45, 2.75) is 44.4 Å². The molecule has 2 aromatic heterocycles. The van der Waals surface area contributed by atoms with Crippen molar-refractivity contribution in [2.24, 2.45) is 4.99 Å². The predicted molar refractivity (Wildman–Crippen MR) is 117 cm³/mol. The fraction of sp³-hybridized carbons (Fsp3) is 0.611. The Labute approximate surface area is 177 Å². The SMILES string of the molecule is CCc1nncn1CCNC(=NC)NCCc1ccc(S(=O)(=O)N(CC)CC)s1. The van der Waals surface area contributed by atoms with Gasteiger partial charge in [-0.3, -0.25) is 4.99 Å². The van der Waals surface area contributed by atoms with Gasteiger partial charge in [0.25, 0.3) is 10.0 Å². The van der Waals surface area contributed by atoms with Crippen molar-refractivity contribution in [2.75, 3.05) is 33.2 Å². The molecule has 0 saturated carbocycles. The minimum Gasteiger partial charge on any atom is -0.356 e. The quantitative estimate of drug-likeness (QED) is 0.403. The van der Waals surface area contributed by atoms with Crippen LogP contribution in [0, 0.1) is 0 Å². The maximum atomic E-state index is 12.6. The first kappa shape index (κ1) is 23.3. The van der Waals surface area contributed by atoms with Crippen LogP contribution in [0.5, 0.6) is 0 Å². The number of nitrogens with one attached hydrogen (secondary N) is 2. The van der Waals surface area contributed by atoms with Gasteiger partial charge in [0, 0.05) is 51.1 Å². The van der Waals surface area contributed by atoms with Crippen LogP contribution in [0.25, 0.3) is 0 Å². The number of thiophene rings is 1. The van der Waals surface area contributed by atoms with E-state index in [4.69, 9.17) is 0 Å². The summed E-state index contributed by atoms with van der Waals surface area (Å²) in [6, 6.07) is 3.59. The Morgan fingerprint density at radius 2 is 1.93 bits per heavy atom. The van der Waals surface area contributed by atoms with Crippen molar-refractivity contribution in [3.63, 3.8) is 0 Å². The number of rotatable bonds is 11. The summed E-state index contributed by atoms with van der Waals surface area (Å²) in [7, 11) is -1.66. The second-order valence-electron chi connectivity index (χ2n) is 6.28. The van der Waals surface area contributed by atoms with Crippen LogP contribution in [-0.4, -0.2) is 66.7 Å². The van der Waals surface area contributed by atoms with E-state index in [0.29, 0.717) is 36.3 Å². The van der Waals surface area contributed by atoms with Crippen molar-refractivity contribution in [1.82, 2.24) is 29.7 Å². The molecule has 2 heterocycles.